The summed E-state index contributed by atoms with van der Waals surface area (Å²) in [6.45, 7) is 1.41. The van der Waals surface area contributed by atoms with Crippen LogP contribution in [0.15, 0.2) is 12.2 Å². The van der Waals surface area contributed by atoms with E-state index in [0.717, 1.165) is 12.8 Å². The molecular weight excluding hydrogens is 104 g/mol. The number of hydrogen-bond donors (Lipinski definition) is 0. The van der Waals surface area contributed by atoms with E-state index in [-0.39, 0.29) is 6.10 Å². The van der Waals surface area contributed by atoms with E-state index in [1.54, 1.807) is 0 Å². The largest absolute Gasteiger partial charge is 0.450 e. The van der Waals surface area contributed by atoms with Crippen molar-refractivity contribution in [3.63, 3.8) is 0 Å². The molecule has 1 aliphatic rings. The molecule has 0 heterocycles. The Hall–Kier alpha value is -0.790. The molecule has 2 nitrogen and oxygen atoms in total. The minimum Gasteiger partial charge on any atom is -0.450 e. The lowest BCUT2D eigenvalue weighted by Crippen LogP contribution is -2.03. The molecule has 1 rings (SSSR count). The van der Waals surface area contributed by atoms with Crippen LogP contribution in [0.1, 0.15) is 12.8 Å². The lowest BCUT2D eigenvalue weighted by molar-refractivity contribution is 0.218. The van der Waals surface area contributed by atoms with Gasteiger partial charge in [0.1, 0.15) is 6.10 Å². The second kappa shape index (κ2) is 2.50. The Morgan fingerprint density at radius 2 is 2.62 bits per heavy atom. The molecule has 0 amide bonds. The van der Waals surface area contributed by atoms with Crippen LogP contribution >= 0.6 is 0 Å². The van der Waals surface area contributed by atoms with Crippen molar-refractivity contribution in [3.05, 3.63) is 12.2 Å². The van der Waals surface area contributed by atoms with Crippen molar-refractivity contribution in [2.75, 3.05) is 0 Å². The highest BCUT2D eigenvalue weighted by Crippen LogP contribution is 2.10. The van der Waals surface area contributed by atoms with Gasteiger partial charge in [-0.1, -0.05) is 6.08 Å². The van der Waals surface area contributed by atoms with E-state index in [0.29, 0.717) is 0 Å². The maximum Gasteiger partial charge on any atom is 0.418 e. The zero-order valence-corrected chi connectivity index (χ0v) is 4.46. The van der Waals surface area contributed by atoms with E-state index in [1.165, 1.54) is 6.47 Å². The summed E-state index contributed by atoms with van der Waals surface area (Å²) < 4.78 is 4.51. The van der Waals surface area contributed by atoms with Gasteiger partial charge in [0.15, 0.2) is 0 Å². The van der Waals surface area contributed by atoms with Gasteiger partial charge in [0, 0.05) is 0 Å². The maximum atomic E-state index is 9.58. The molecule has 0 aromatic rings. The molecule has 0 aliphatic heterocycles. The maximum absolute atomic E-state index is 9.58. The topological polar surface area (TPSA) is 26.3 Å². The van der Waals surface area contributed by atoms with Gasteiger partial charge in [-0.2, -0.15) is 0 Å². The smallest absolute Gasteiger partial charge is 0.418 e. The average molecular weight is 111 g/mol. The lowest BCUT2D eigenvalue weighted by Gasteiger charge is -2.00. The number of ether oxygens (including phenoxy) is 1. The molecule has 0 aromatic carbocycles. The summed E-state index contributed by atoms with van der Waals surface area (Å²) >= 11 is 0. The van der Waals surface area contributed by atoms with Gasteiger partial charge >= 0.3 is 6.47 Å². The van der Waals surface area contributed by atoms with E-state index < -0.39 is 0 Å². The Balaban J connectivity index is 2.25. The first-order valence-corrected chi connectivity index (χ1v) is 2.63. The molecule has 0 spiro atoms. The molecular formula is C6H7O2. The van der Waals surface area contributed by atoms with Gasteiger partial charge in [0.25, 0.3) is 0 Å². The van der Waals surface area contributed by atoms with E-state index in [4.69, 9.17) is 0 Å². The highest BCUT2D eigenvalue weighted by atomic mass is 16.5. The first-order valence-electron chi connectivity index (χ1n) is 2.63. The van der Waals surface area contributed by atoms with Gasteiger partial charge in [-0.15, -0.1) is 0 Å². The van der Waals surface area contributed by atoms with Crippen LogP contribution in [0, 0.1) is 0 Å². The third kappa shape index (κ3) is 1.09. The Morgan fingerprint density at radius 1 is 1.75 bits per heavy atom. The number of hydrogen-bond acceptors (Lipinski definition) is 2. The minimum atomic E-state index is 0.00694. The predicted octanol–water partition coefficient (Wildman–Crippen LogP) is 0.789. The van der Waals surface area contributed by atoms with Gasteiger partial charge in [-0.25, -0.2) is 4.79 Å². The number of rotatable bonds is 2. The van der Waals surface area contributed by atoms with Crippen LogP contribution in [0.2, 0.25) is 0 Å². The summed E-state index contributed by atoms with van der Waals surface area (Å²) in [6, 6.07) is 0. The molecule has 2 heteroatoms. The highest BCUT2D eigenvalue weighted by molar-refractivity contribution is 5.39. The van der Waals surface area contributed by atoms with Gasteiger partial charge in [-0.3, -0.25) is 0 Å². The van der Waals surface area contributed by atoms with Gasteiger partial charge in [-0.05, 0) is 18.9 Å². The minimum absolute atomic E-state index is 0.00694. The van der Waals surface area contributed by atoms with E-state index in [1.807, 2.05) is 12.2 Å². The molecule has 0 aromatic heterocycles. The van der Waals surface area contributed by atoms with E-state index in [9.17, 15) is 4.79 Å². The fourth-order valence-corrected chi connectivity index (χ4v) is 0.765. The Morgan fingerprint density at radius 3 is 3.12 bits per heavy atom. The van der Waals surface area contributed by atoms with Crippen LogP contribution in [-0.2, 0) is 9.53 Å². The average Bonchev–Trinajstić information content (AvgIpc) is 2.19. The van der Waals surface area contributed by atoms with Gasteiger partial charge in [0.2, 0.25) is 0 Å². The first-order chi connectivity index (χ1) is 3.93. The van der Waals surface area contributed by atoms with Crippen LogP contribution in [0.25, 0.3) is 0 Å². The van der Waals surface area contributed by atoms with Crippen molar-refractivity contribution in [2.45, 2.75) is 18.9 Å². The molecule has 43 valence electrons. The third-order valence-electron chi connectivity index (χ3n) is 1.17. The summed E-state index contributed by atoms with van der Waals surface area (Å²) in [5, 5.41) is 0. The molecule has 0 bridgehead atoms. The number of allylic oxidation sites excluding steroid dienone is 1. The lowest BCUT2D eigenvalue weighted by atomic mass is 10.3. The summed E-state index contributed by atoms with van der Waals surface area (Å²) in [5.41, 5.74) is 0. The molecule has 0 fully saturated rings. The van der Waals surface area contributed by atoms with Crippen molar-refractivity contribution in [3.8, 4) is 0 Å². The molecule has 8 heavy (non-hydrogen) atoms. The second-order valence-electron chi connectivity index (χ2n) is 1.75. The monoisotopic (exact) mass is 111 g/mol. The molecule has 1 aliphatic carbocycles. The van der Waals surface area contributed by atoms with Crippen LogP contribution in [0.3, 0.4) is 0 Å². The van der Waals surface area contributed by atoms with Crippen molar-refractivity contribution in [2.24, 2.45) is 0 Å². The zero-order valence-electron chi connectivity index (χ0n) is 4.46. The van der Waals surface area contributed by atoms with Crippen molar-refractivity contribution >= 4 is 6.47 Å². The van der Waals surface area contributed by atoms with Crippen molar-refractivity contribution in [1.29, 1.82) is 0 Å². The molecule has 1 unspecified atom stereocenters. The molecule has 1 atom stereocenters. The molecule has 0 N–H and O–H groups in total. The van der Waals surface area contributed by atoms with Gasteiger partial charge in [0.05, 0.1) is 0 Å². The van der Waals surface area contributed by atoms with Crippen LogP contribution in [-0.4, -0.2) is 12.6 Å². The highest BCUT2D eigenvalue weighted by Gasteiger charge is 2.07. The van der Waals surface area contributed by atoms with Gasteiger partial charge < -0.3 is 4.74 Å². The van der Waals surface area contributed by atoms with Crippen molar-refractivity contribution in [1.82, 2.24) is 0 Å². The standard InChI is InChI=1S/C6H7O2/c7-5-8-6-3-1-2-4-6/h1,3,6H,2,4H2. The molecule has 0 saturated carbocycles. The Kier molecular flexibility index (Phi) is 1.67. The Bertz CT molecular complexity index is 107. The van der Waals surface area contributed by atoms with Crippen LogP contribution < -0.4 is 0 Å². The summed E-state index contributed by atoms with van der Waals surface area (Å²) in [4.78, 5) is 9.58. The van der Waals surface area contributed by atoms with E-state index >= 15 is 0 Å². The normalized spacial score (nSPS) is 25.8. The molecule has 1 radical (unpaired) electrons. The van der Waals surface area contributed by atoms with Crippen LogP contribution in [0.4, 0.5) is 0 Å². The predicted molar refractivity (Wildman–Crippen MR) is 28.9 cm³/mol. The fourth-order valence-electron chi connectivity index (χ4n) is 0.765. The summed E-state index contributed by atoms with van der Waals surface area (Å²) in [6.07, 6.45) is 5.83. The fraction of sp³-hybridized carbons (Fsp3) is 0.500. The quantitative estimate of drug-likeness (QED) is 0.492. The van der Waals surface area contributed by atoms with E-state index in [2.05, 4.69) is 4.74 Å². The SMILES string of the molecule is O=[C]OC1C=CCC1. The third-order valence-corrected chi connectivity index (χ3v) is 1.17. The second-order valence-corrected chi connectivity index (χ2v) is 1.75. The summed E-state index contributed by atoms with van der Waals surface area (Å²) in [5.74, 6) is 0. The van der Waals surface area contributed by atoms with Crippen LogP contribution in [0.5, 0.6) is 0 Å². The molecule has 0 saturated heterocycles. The Labute approximate surface area is 48.1 Å². The first kappa shape index (κ1) is 5.35. The van der Waals surface area contributed by atoms with Crippen molar-refractivity contribution < 1.29 is 9.53 Å². The number of carbonyl (C=O) groups excluding carboxylic acids is 1. The summed E-state index contributed by atoms with van der Waals surface area (Å²) in [7, 11) is 0. The zero-order chi connectivity index (χ0) is 5.82.